The van der Waals surface area contributed by atoms with Gasteiger partial charge < -0.3 is 0 Å². The highest BCUT2D eigenvalue weighted by molar-refractivity contribution is 7.81. The topological polar surface area (TPSA) is 0 Å². The minimum Gasteiger partial charge on any atom is -0.179 e. The van der Waals surface area contributed by atoms with E-state index in [4.69, 9.17) is 0 Å². The summed E-state index contributed by atoms with van der Waals surface area (Å²) in [6.07, 6.45) is 1.10. The lowest BCUT2D eigenvalue weighted by Gasteiger charge is -1.94. The van der Waals surface area contributed by atoms with Gasteiger partial charge in [0.2, 0.25) is 0 Å². The van der Waals surface area contributed by atoms with Crippen LogP contribution in [-0.4, -0.2) is 11.0 Å². The van der Waals surface area contributed by atoms with Crippen molar-refractivity contribution in [1.82, 2.24) is 0 Å². The molecule has 0 saturated carbocycles. The summed E-state index contributed by atoms with van der Waals surface area (Å²) in [5.41, 5.74) is 0. The van der Waals surface area contributed by atoms with Crippen molar-refractivity contribution in [3.8, 4) is 0 Å². The average Bonchev–Trinajstić information content (AvgIpc) is 1.72. The summed E-state index contributed by atoms with van der Waals surface area (Å²) < 4.78 is 0. The van der Waals surface area contributed by atoms with Crippen LogP contribution in [0, 0.1) is 0 Å². The SMILES string of the molecule is CC.CC(S)CCS. The van der Waals surface area contributed by atoms with E-state index in [2.05, 4.69) is 32.2 Å². The summed E-state index contributed by atoms with van der Waals surface area (Å²) in [5.74, 6) is 0.949. The van der Waals surface area contributed by atoms with Gasteiger partial charge in [0.05, 0.1) is 0 Å². The van der Waals surface area contributed by atoms with Crippen LogP contribution in [0.1, 0.15) is 27.2 Å². The Morgan fingerprint density at radius 3 is 1.75 bits per heavy atom. The zero-order chi connectivity index (χ0) is 6.99. The second-order valence-electron chi connectivity index (χ2n) is 1.36. The minimum atomic E-state index is 0.516. The first kappa shape index (κ1) is 11.5. The van der Waals surface area contributed by atoms with Crippen LogP contribution in [0.3, 0.4) is 0 Å². The molecule has 0 N–H and O–H groups in total. The lowest BCUT2D eigenvalue weighted by atomic mass is 10.4. The molecule has 0 aliphatic carbocycles. The van der Waals surface area contributed by atoms with Crippen LogP contribution in [0.4, 0.5) is 0 Å². The van der Waals surface area contributed by atoms with E-state index in [0.29, 0.717) is 5.25 Å². The highest BCUT2D eigenvalue weighted by atomic mass is 32.1. The second-order valence-corrected chi connectivity index (χ2v) is 2.69. The molecule has 0 saturated heterocycles. The smallest absolute Gasteiger partial charge is 0.000383 e. The second kappa shape index (κ2) is 10.6. The molecular weight excluding hydrogens is 136 g/mol. The van der Waals surface area contributed by atoms with Crippen LogP contribution < -0.4 is 0 Å². The standard InChI is InChI=1S/C4H10S2.C2H6/c1-4(6)2-3-5;1-2/h4-6H,2-3H2,1H3;1-2H3. The van der Waals surface area contributed by atoms with Gasteiger partial charge in [0, 0.05) is 0 Å². The summed E-state index contributed by atoms with van der Waals surface area (Å²) in [7, 11) is 0. The molecule has 8 heavy (non-hydrogen) atoms. The third-order valence-electron chi connectivity index (χ3n) is 0.547. The molecule has 1 unspecified atom stereocenters. The van der Waals surface area contributed by atoms with E-state index < -0.39 is 0 Å². The van der Waals surface area contributed by atoms with E-state index in [1.54, 1.807) is 0 Å². The van der Waals surface area contributed by atoms with Gasteiger partial charge in [-0.1, -0.05) is 20.8 Å². The molecule has 0 heterocycles. The maximum Gasteiger partial charge on any atom is -0.000383 e. The largest absolute Gasteiger partial charge is 0.179 e. The summed E-state index contributed by atoms with van der Waals surface area (Å²) in [4.78, 5) is 0. The third-order valence-corrected chi connectivity index (χ3v) is 1.06. The summed E-state index contributed by atoms with van der Waals surface area (Å²) >= 11 is 8.14. The van der Waals surface area contributed by atoms with Crippen LogP contribution in [-0.2, 0) is 0 Å². The van der Waals surface area contributed by atoms with Gasteiger partial charge in [-0.2, -0.15) is 25.3 Å². The molecule has 0 radical (unpaired) electrons. The highest BCUT2D eigenvalue weighted by Crippen LogP contribution is 1.98. The lowest BCUT2D eigenvalue weighted by molar-refractivity contribution is 0.927. The molecule has 0 nitrogen and oxygen atoms in total. The zero-order valence-corrected chi connectivity index (χ0v) is 7.67. The lowest BCUT2D eigenvalue weighted by Crippen LogP contribution is -1.89. The fourth-order valence-electron chi connectivity index (χ4n) is 0.187. The first-order valence-corrected chi connectivity index (χ1v) is 4.21. The maximum absolute atomic E-state index is 4.13. The molecule has 2 heteroatoms. The normalized spacial score (nSPS) is 11.6. The van der Waals surface area contributed by atoms with Crippen molar-refractivity contribution in [2.45, 2.75) is 32.4 Å². The van der Waals surface area contributed by atoms with E-state index in [1.807, 2.05) is 13.8 Å². The Labute approximate surface area is 63.9 Å². The van der Waals surface area contributed by atoms with Gasteiger partial charge in [-0.3, -0.25) is 0 Å². The van der Waals surface area contributed by atoms with Crippen LogP contribution >= 0.6 is 25.3 Å². The Hall–Kier alpha value is 0.700. The van der Waals surface area contributed by atoms with E-state index >= 15 is 0 Å². The van der Waals surface area contributed by atoms with Crippen molar-refractivity contribution < 1.29 is 0 Å². The molecule has 0 fully saturated rings. The van der Waals surface area contributed by atoms with Gasteiger partial charge in [-0.25, -0.2) is 0 Å². The molecule has 0 amide bonds. The molecule has 52 valence electrons. The first-order chi connectivity index (χ1) is 3.77. The molecular formula is C6H16S2. The van der Waals surface area contributed by atoms with Crippen molar-refractivity contribution in [2.75, 3.05) is 5.75 Å². The van der Waals surface area contributed by atoms with Crippen molar-refractivity contribution in [3.63, 3.8) is 0 Å². The van der Waals surface area contributed by atoms with Gasteiger partial charge >= 0.3 is 0 Å². The molecule has 0 spiro atoms. The van der Waals surface area contributed by atoms with Gasteiger partial charge in [0.1, 0.15) is 0 Å². The fraction of sp³-hybridized carbons (Fsp3) is 1.00. The summed E-state index contributed by atoms with van der Waals surface area (Å²) in [5, 5.41) is 0.516. The van der Waals surface area contributed by atoms with Crippen LogP contribution in [0.2, 0.25) is 0 Å². The van der Waals surface area contributed by atoms with Crippen LogP contribution in [0.15, 0.2) is 0 Å². The Balaban J connectivity index is 0. The van der Waals surface area contributed by atoms with E-state index in [1.165, 1.54) is 0 Å². The Morgan fingerprint density at radius 1 is 1.38 bits per heavy atom. The Morgan fingerprint density at radius 2 is 1.75 bits per heavy atom. The van der Waals surface area contributed by atoms with Crippen LogP contribution in [0.5, 0.6) is 0 Å². The van der Waals surface area contributed by atoms with Gasteiger partial charge in [0.25, 0.3) is 0 Å². The fourth-order valence-corrected chi connectivity index (χ4v) is 0.907. The van der Waals surface area contributed by atoms with Gasteiger partial charge in [-0.15, -0.1) is 0 Å². The predicted molar refractivity (Wildman–Crippen MR) is 48.3 cm³/mol. The molecule has 0 rings (SSSR count). The highest BCUT2D eigenvalue weighted by Gasteiger charge is 1.87. The molecule has 0 bridgehead atoms. The minimum absolute atomic E-state index is 0.516. The Kier molecular flexibility index (Phi) is 15.3. The van der Waals surface area contributed by atoms with E-state index in [9.17, 15) is 0 Å². The molecule has 0 aliphatic heterocycles. The van der Waals surface area contributed by atoms with Crippen molar-refractivity contribution in [2.24, 2.45) is 0 Å². The monoisotopic (exact) mass is 152 g/mol. The van der Waals surface area contributed by atoms with E-state index in [0.717, 1.165) is 12.2 Å². The number of hydrogen-bond donors (Lipinski definition) is 2. The summed E-state index contributed by atoms with van der Waals surface area (Å²) in [6, 6.07) is 0. The predicted octanol–water partition coefficient (Wildman–Crippen LogP) is 2.65. The van der Waals surface area contributed by atoms with Crippen molar-refractivity contribution >= 4 is 25.3 Å². The molecule has 0 aliphatic rings. The van der Waals surface area contributed by atoms with Gasteiger partial charge in [0.15, 0.2) is 0 Å². The molecule has 0 aromatic rings. The van der Waals surface area contributed by atoms with E-state index in [-0.39, 0.29) is 0 Å². The average molecular weight is 152 g/mol. The zero-order valence-electron chi connectivity index (χ0n) is 5.89. The maximum atomic E-state index is 4.13. The number of thiol groups is 2. The quantitative estimate of drug-likeness (QED) is 0.558. The van der Waals surface area contributed by atoms with Crippen LogP contribution in [0.25, 0.3) is 0 Å². The van der Waals surface area contributed by atoms with Crippen molar-refractivity contribution in [1.29, 1.82) is 0 Å². The third kappa shape index (κ3) is 15.9. The number of hydrogen-bond acceptors (Lipinski definition) is 2. The van der Waals surface area contributed by atoms with Gasteiger partial charge in [-0.05, 0) is 17.4 Å². The van der Waals surface area contributed by atoms with Crippen molar-refractivity contribution in [3.05, 3.63) is 0 Å². The Bertz CT molecular complexity index is 27.7. The molecule has 0 aromatic carbocycles. The first-order valence-electron chi connectivity index (χ1n) is 3.06. The molecule has 1 atom stereocenters. The summed E-state index contributed by atoms with van der Waals surface area (Å²) in [6.45, 7) is 6.07. The number of rotatable bonds is 2. The molecule has 0 aromatic heterocycles.